The van der Waals surface area contributed by atoms with E-state index in [0.717, 1.165) is 44.8 Å². The second-order valence-corrected chi connectivity index (χ2v) is 3.52. The molecular formula is C8H16ClNO. The monoisotopic (exact) mass is 177 g/mol. The summed E-state index contributed by atoms with van der Waals surface area (Å²) in [6, 6.07) is 0. The summed E-state index contributed by atoms with van der Waals surface area (Å²) in [6.07, 6.45) is 3.04. The van der Waals surface area contributed by atoms with Crippen LogP contribution in [-0.4, -0.2) is 41.6 Å². The molecule has 0 bridgehead atoms. The van der Waals surface area contributed by atoms with Crippen LogP contribution in [0.15, 0.2) is 0 Å². The van der Waals surface area contributed by atoms with Gasteiger partial charge in [-0.1, -0.05) is 0 Å². The molecule has 0 aromatic carbocycles. The number of hydrogen-bond donors (Lipinski definition) is 1. The largest absolute Gasteiger partial charge is 0.392 e. The molecule has 11 heavy (non-hydrogen) atoms. The van der Waals surface area contributed by atoms with Gasteiger partial charge < -0.3 is 10.0 Å². The molecule has 2 nitrogen and oxygen atoms in total. The molecule has 0 aromatic heterocycles. The molecular weight excluding hydrogens is 162 g/mol. The number of nitrogens with zero attached hydrogens (tertiary/aromatic N) is 1. The van der Waals surface area contributed by atoms with Gasteiger partial charge in [0.05, 0.1) is 6.10 Å². The molecule has 1 rings (SSSR count). The highest BCUT2D eigenvalue weighted by Crippen LogP contribution is 2.09. The van der Waals surface area contributed by atoms with Crippen LogP contribution in [0.2, 0.25) is 0 Å². The summed E-state index contributed by atoms with van der Waals surface area (Å²) in [5.41, 5.74) is 0. The number of hydrogen-bond acceptors (Lipinski definition) is 2. The molecule has 1 atom stereocenters. The first-order valence-electron chi connectivity index (χ1n) is 4.29. The van der Waals surface area contributed by atoms with E-state index < -0.39 is 0 Å². The quantitative estimate of drug-likeness (QED) is 0.653. The maximum atomic E-state index is 9.30. The molecule has 1 fully saturated rings. The molecule has 0 aliphatic carbocycles. The lowest BCUT2D eigenvalue weighted by Crippen LogP contribution is -2.38. The maximum Gasteiger partial charge on any atom is 0.0667 e. The Balaban J connectivity index is 2.12. The molecule has 66 valence electrons. The Bertz CT molecular complexity index is 110. The van der Waals surface area contributed by atoms with Crippen molar-refractivity contribution in [1.29, 1.82) is 0 Å². The van der Waals surface area contributed by atoms with E-state index in [1.165, 1.54) is 0 Å². The number of β-amino-alcohol motifs (C(OH)–C–C–N with tert-alkyl or cyclic N) is 1. The zero-order valence-corrected chi connectivity index (χ0v) is 7.56. The second-order valence-electron chi connectivity index (χ2n) is 3.14. The van der Waals surface area contributed by atoms with E-state index in [0.29, 0.717) is 0 Å². The topological polar surface area (TPSA) is 23.5 Å². The van der Waals surface area contributed by atoms with Gasteiger partial charge in [-0.05, 0) is 32.4 Å². The zero-order chi connectivity index (χ0) is 8.10. The number of aliphatic hydroxyl groups excluding tert-OH is 1. The molecule has 0 saturated carbocycles. The summed E-state index contributed by atoms with van der Waals surface area (Å²) < 4.78 is 0. The Morgan fingerprint density at radius 2 is 2.36 bits per heavy atom. The minimum Gasteiger partial charge on any atom is -0.392 e. The summed E-state index contributed by atoms with van der Waals surface area (Å²) in [4.78, 5) is 2.29. The van der Waals surface area contributed by atoms with Crippen molar-refractivity contribution >= 4 is 11.6 Å². The van der Waals surface area contributed by atoms with Gasteiger partial charge in [-0.25, -0.2) is 0 Å². The Morgan fingerprint density at radius 1 is 1.55 bits per heavy atom. The number of aliphatic hydroxyl groups is 1. The maximum absolute atomic E-state index is 9.30. The average Bonchev–Trinajstić information content (AvgIpc) is 2.01. The van der Waals surface area contributed by atoms with Crippen molar-refractivity contribution in [2.75, 3.05) is 25.5 Å². The molecule has 1 saturated heterocycles. The lowest BCUT2D eigenvalue weighted by Gasteiger charge is -2.29. The number of halogens is 1. The van der Waals surface area contributed by atoms with Crippen molar-refractivity contribution in [1.82, 2.24) is 4.90 Å². The number of piperidine rings is 1. The fraction of sp³-hybridized carbons (Fsp3) is 1.00. The zero-order valence-electron chi connectivity index (χ0n) is 6.80. The van der Waals surface area contributed by atoms with Gasteiger partial charge in [-0.2, -0.15) is 0 Å². The van der Waals surface area contributed by atoms with Gasteiger partial charge in [0, 0.05) is 12.4 Å². The molecule has 0 radical (unpaired) electrons. The van der Waals surface area contributed by atoms with E-state index in [-0.39, 0.29) is 6.10 Å². The van der Waals surface area contributed by atoms with E-state index in [4.69, 9.17) is 11.6 Å². The van der Waals surface area contributed by atoms with Crippen LogP contribution in [0.4, 0.5) is 0 Å². The summed E-state index contributed by atoms with van der Waals surface area (Å²) in [5, 5.41) is 9.30. The van der Waals surface area contributed by atoms with Crippen LogP contribution in [0.1, 0.15) is 19.3 Å². The number of alkyl halides is 1. The van der Waals surface area contributed by atoms with E-state index in [1.807, 2.05) is 0 Å². The molecule has 3 heteroatoms. The van der Waals surface area contributed by atoms with Crippen molar-refractivity contribution < 1.29 is 5.11 Å². The minimum absolute atomic E-state index is 0.0981. The molecule has 1 heterocycles. The smallest absolute Gasteiger partial charge is 0.0667 e. The van der Waals surface area contributed by atoms with Gasteiger partial charge in [0.1, 0.15) is 0 Å². The van der Waals surface area contributed by atoms with Gasteiger partial charge in [0.15, 0.2) is 0 Å². The third-order valence-electron chi connectivity index (χ3n) is 2.09. The molecule has 0 aromatic rings. The highest BCUT2D eigenvalue weighted by atomic mass is 35.5. The van der Waals surface area contributed by atoms with Crippen LogP contribution >= 0.6 is 11.6 Å². The fourth-order valence-corrected chi connectivity index (χ4v) is 1.64. The summed E-state index contributed by atoms with van der Waals surface area (Å²) in [6.45, 7) is 3.02. The predicted molar refractivity (Wildman–Crippen MR) is 47.0 cm³/mol. The van der Waals surface area contributed by atoms with Crippen LogP contribution in [-0.2, 0) is 0 Å². The number of likely N-dealkylation sites (tertiary alicyclic amines) is 1. The van der Waals surface area contributed by atoms with Crippen molar-refractivity contribution in [3.63, 3.8) is 0 Å². The third kappa shape index (κ3) is 3.41. The minimum atomic E-state index is -0.0981. The Kier molecular flexibility index (Phi) is 4.20. The van der Waals surface area contributed by atoms with Gasteiger partial charge in [-0.15, -0.1) is 11.6 Å². The van der Waals surface area contributed by atoms with Gasteiger partial charge in [-0.3, -0.25) is 0 Å². The molecule has 1 unspecified atom stereocenters. The Hall–Kier alpha value is 0.210. The van der Waals surface area contributed by atoms with Crippen molar-refractivity contribution in [3.8, 4) is 0 Å². The third-order valence-corrected chi connectivity index (χ3v) is 2.36. The van der Waals surface area contributed by atoms with Gasteiger partial charge in [0.2, 0.25) is 0 Å². The van der Waals surface area contributed by atoms with Crippen molar-refractivity contribution in [2.24, 2.45) is 0 Å². The lowest BCUT2D eigenvalue weighted by molar-refractivity contribution is 0.0710. The van der Waals surface area contributed by atoms with Crippen LogP contribution in [0.3, 0.4) is 0 Å². The van der Waals surface area contributed by atoms with Gasteiger partial charge >= 0.3 is 0 Å². The predicted octanol–water partition coefficient (Wildman–Crippen LogP) is 1.07. The van der Waals surface area contributed by atoms with E-state index in [2.05, 4.69) is 4.90 Å². The first-order chi connectivity index (χ1) is 5.33. The van der Waals surface area contributed by atoms with E-state index in [9.17, 15) is 5.11 Å². The summed E-state index contributed by atoms with van der Waals surface area (Å²) >= 11 is 5.57. The normalized spacial score (nSPS) is 27.3. The Morgan fingerprint density at radius 3 is 3.00 bits per heavy atom. The average molecular weight is 178 g/mol. The lowest BCUT2D eigenvalue weighted by atomic mass is 10.1. The van der Waals surface area contributed by atoms with Crippen LogP contribution in [0, 0.1) is 0 Å². The van der Waals surface area contributed by atoms with Crippen LogP contribution in [0.5, 0.6) is 0 Å². The molecule has 1 aliphatic heterocycles. The first kappa shape index (κ1) is 9.30. The Labute approximate surface area is 73.1 Å². The summed E-state index contributed by atoms with van der Waals surface area (Å²) in [5.74, 6) is 0.729. The second kappa shape index (κ2) is 4.96. The van der Waals surface area contributed by atoms with E-state index >= 15 is 0 Å². The molecule has 0 amide bonds. The molecule has 1 N–H and O–H groups in total. The van der Waals surface area contributed by atoms with E-state index in [1.54, 1.807) is 0 Å². The first-order valence-corrected chi connectivity index (χ1v) is 4.83. The SMILES string of the molecule is OC1CCCN(CCCCl)C1. The van der Waals surface area contributed by atoms with Gasteiger partial charge in [0.25, 0.3) is 0 Å². The van der Waals surface area contributed by atoms with Crippen LogP contribution < -0.4 is 0 Å². The van der Waals surface area contributed by atoms with Crippen molar-refractivity contribution in [3.05, 3.63) is 0 Å². The summed E-state index contributed by atoms with van der Waals surface area (Å²) in [7, 11) is 0. The standard InChI is InChI=1S/C8H16ClNO/c9-4-2-6-10-5-1-3-8(11)7-10/h8,11H,1-7H2. The highest BCUT2D eigenvalue weighted by molar-refractivity contribution is 6.17. The number of rotatable bonds is 3. The fourth-order valence-electron chi connectivity index (χ4n) is 1.52. The molecule has 0 spiro atoms. The molecule has 1 aliphatic rings. The van der Waals surface area contributed by atoms with Crippen molar-refractivity contribution in [2.45, 2.75) is 25.4 Å². The highest BCUT2D eigenvalue weighted by Gasteiger charge is 2.16. The van der Waals surface area contributed by atoms with Crippen LogP contribution in [0.25, 0.3) is 0 Å².